The summed E-state index contributed by atoms with van der Waals surface area (Å²) in [6.07, 6.45) is 0. The van der Waals surface area contributed by atoms with E-state index in [-0.39, 0.29) is 16.5 Å². The molecule has 0 saturated carbocycles. The fourth-order valence-electron chi connectivity index (χ4n) is 1.95. The van der Waals surface area contributed by atoms with Crippen molar-refractivity contribution in [2.24, 2.45) is 5.73 Å². The number of carbonyl (C=O) groups is 2. The number of nitrogens with zero attached hydrogens (tertiary/aromatic N) is 1. The van der Waals surface area contributed by atoms with Gasteiger partial charge >= 0.3 is 0 Å². The number of hydrogen-bond donors (Lipinski definition) is 1. The monoisotopic (exact) mass is 322 g/mol. The quantitative estimate of drug-likeness (QED) is 0.940. The summed E-state index contributed by atoms with van der Waals surface area (Å²) in [5, 5.41) is 2.24. The maximum Gasteiger partial charge on any atom is 0.253 e. The van der Waals surface area contributed by atoms with Gasteiger partial charge in [-0.3, -0.25) is 9.59 Å². The van der Waals surface area contributed by atoms with Gasteiger partial charge < -0.3 is 10.6 Å². The van der Waals surface area contributed by atoms with Crippen molar-refractivity contribution < 1.29 is 9.59 Å². The molecule has 6 heteroatoms. The van der Waals surface area contributed by atoms with Gasteiger partial charge in [0.05, 0.1) is 17.1 Å². The number of amides is 2. The van der Waals surface area contributed by atoms with E-state index in [0.717, 1.165) is 4.88 Å². The lowest BCUT2D eigenvalue weighted by atomic mass is 10.1. The predicted octanol–water partition coefficient (Wildman–Crippen LogP) is 3.08. The van der Waals surface area contributed by atoms with Gasteiger partial charge in [0.2, 0.25) is 5.91 Å². The van der Waals surface area contributed by atoms with Crippen molar-refractivity contribution in [1.82, 2.24) is 4.90 Å². The van der Waals surface area contributed by atoms with Crippen molar-refractivity contribution in [1.29, 1.82) is 0 Å². The van der Waals surface area contributed by atoms with Crippen LogP contribution in [0.1, 0.15) is 31.2 Å². The van der Waals surface area contributed by atoms with Crippen LogP contribution in [0.2, 0.25) is 5.02 Å². The number of primary amides is 1. The maximum absolute atomic E-state index is 12.3. The first kappa shape index (κ1) is 15.5. The van der Waals surface area contributed by atoms with Gasteiger partial charge in [-0.1, -0.05) is 11.6 Å². The summed E-state index contributed by atoms with van der Waals surface area (Å²) in [6.45, 7) is 2.55. The highest BCUT2D eigenvalue weighted by Crippen LogP contribution is 2.20. The zero-order valence-electron chi connectivity index (χ0n) is 11.7. The molecular formula is C15H15ClN2O2S. The van der Waals surface area contributed by atoms with Gasteiger partial charge in [-0.2, -0.15) is 0 Å². The van der Waals surface area contributed by atoms with Crippen molar-refractivity contribution in [3.05, 3.63) is 56.2 Å². The number of aryl methyl sites for hydroxylation is 1. The van der Waals surface area contributed by atoms with Crippen molar-refractivity contribution in [2.45, 2.75) is 13.5 Å². The minimum atomic E-state index is -0.610. The molecule has 1 aromatic carbocycles. The number of benzene rings is 1. The van der Waals surface area contributed by atoms with Crippen LogP contribution in [0.15, 0.2) is 29.6 Å². The summed E-state index contributed by atoms with van der Waals surface area (Å²) < 4.78 is 0. The van der Waals surface area contributed by atoms with Crippen LogP contribution in [0.4, 0.5) is 0 Å². The third-order valence-corrected chi connectivity index (χ3v) is 4.36. The number of carbonyl (C=O) groups excluding carboxylic acids is 2. The Balaban J connectivity index is 2.15. The van der Waals surface area contributed by atoms with Crippen LogP contribution in [0, 0.1) is 6.92 Å². The second kappa shape index (κ2) is 6.28. The Morgan fingerprint density at radius 1 is 1.33 bits per heavy atom. The zero-order valence-corrected chi connectivity index (χ0v) is 13.3. The largest absolute Gasteiger partial charge is 0.366 e. The molecule has 2 N–H and O–H groups in total. The SMILES string of the molecule is Cc1csc(CN(C)C(=O)c2ccc(C(N)=O)c(Cl)c2)c1. The van der Waals surface area contributed by atoms with Crippen molar-refractivity contribution in [3.8, 4) is 0 Å². The number of rotatable bonds is 4. The lowest BCUT2D eigenvalue weighted by Crippen LogP contribution is -2.26. The molecule has 0 bridgehead atoms. The average Bonchev–Trinajstić information content (AvgIpc) is 2.82. The molecule has 110 valence electrons. The minimum absolute atomic E-state index is 0.154. The minimum Gasteiger partial charge on any atom is -0.366 e. The summed E-state index contributed by atoms with van der Waals surface area (Å²) in [5.74, 6) is -0.764. The highest BCUT2D eigenvalue weighted by Gasteiger charge is 2.15. The zero-order chi connectivity index (χ0) is 15.6. The lowest BCUT2D eigenvalue weighted by Gasteiger charge is -2.16. The molecule has 1 heterocycles. The Morgan fingerprint density at radius 3 is 2.57 bits per heavy atom. The maximum atomic E-state index is 12.3. The average molecular weight is 323 g/mol. The van der Waals surface area contributed by atoms with E-state index in [2.05, 4.69) is 6.07 Å². The molecule has 0 atom stereocenters. The fourth-order valence-corrected chi connectivity index (χ4v) is 3.15. The molecule has 2 aromatic rings. The summed E-state index contributed by atoms with van der Waals surface area (Å²) in [7, 11) is 1.73. The molecule has 2 rings (SSSR count). The normalized spacial score (nSPS) is 10.4. The predicted molar refractivity (Wildman–Crippen MR) is 84.8 cm³/mol. The van der Waals surface area contributed by atoms with E-state index >= 15 is 0 Å². The third kappa shape index (κ3) is 3.62. The van der Waals surface area contributed by atoms with Crippen molar-refractivity contribution >= 4 is 34.8 Å². The van der Waals surface area contributed by atoms with Gasteiger partial charge in [0, 0.05) is 17.5 Å². The van der Waals surface area contributed by atoms with Gasteiger partial charge in [-0.15, -0.1) is 11.3 Å². The molecule has 2 amide bonds. The van der Waals surface area contributed by atoms with E-state index in [1.807, 2.05) is 12.3 Å². The first-order chi connectivity index (χ1) is 9.88. The van der Waals surface area contributed by atoms with Gasteiger partial charge in [-0.25, -0.2) is 0 Å². The van der Waals surface area contributed by atoms with Crippen LogP contribution >= 0.6 is 22.9 Å². The fraction of sp³-hybridized carbons (Fsp3) is 0.200. The number of nitrogens with two attached hydrogens (primary N) is 1. The Hall–Kier alpha value is -1.85. The van der Waals surface area contributed by atoms with E-state index in [9.17, 15) is 9.59 Å². The van der Waals surface area contributed by atoms with E-state index < -0.39 is 5.91 Å². The van der Waals surface area contributed by atoms with Crippen LogP contribution in [0.25, 0.3) is 0 Å². The standard InChI is InChI=1S/C15H15ClN2O2S/c1-9-5-11(21-8-9)7-18(2)15(20)10-3-4-12(14(17)19)13(16)6-10/h3-6,8H,7H2,1-2H3,(H2,17,19). The first-order valence-corrected chi connectivity index (χ1v) is 7.53. The number of halogens is 1. The molecule has 4 nitrogen and oxygen atoms in total. The second-order valence-corrected chi connectivity index (χ2v) is 6.21. The Labute approximate surface area is 132 Å². The second-order valence-electron chi connectivity index (χ2n) is 4.81. The van der Waals surface area contributed by atoms with Gasteiger partial charge in [0.15, 0.2) is 0 Å². The van der Waals surface area contributed by atoms with Crippen LogP contribution in [-0.2, 0) is 6.54 Å². The lowest BCUT2D eigenvalue weighted by molar-refractivity contribution is 0.0786. The molecule has 0 fully saturated rings. The molecule has 1 aromatic heterocycles. The van der Waals surface area contributed by atoms with E-state index in [4.69, 9.17) is 17.3 Å². The number of thiophene rings is 1. The molecule has 0 saturated heterocycles. The highest BCUT2D eigenvalue weighted by atomic mass is 35.5. The molecular weight excluding hydrogens is 308 g/mol. The summed E-state index contributed by atoms with van der Waals surface area (Å²) in [5.41, 5.74) is 7.02. The summed E-state index contributed by atoms with van der Waals surface area (Å²) in [4.78, 5) is 26.2. The smallest absolute Gasteiger partial charge is 0.253 e. The van der Waals surface area contributed by atoms with E-state index in [1.54, 1.807) is 29.4 Å². The summed E-state index contributed by atoms with van der Waals surface area (Å²) >= 11 is 7.59. The molecule has 0 aliphatic rings. The molecule has 0 aliphatic carbocycles. The van der Waals surface area contributed by atoms with Gasteiger partial charge in [0.25, 0.3) is 5.91 Å². The Morgan fingerprint density at radius 2 is 2.05 bits per heavy atom. The molecule has 0 aliphatic heterocycles. The Kier molecular flexibility index (Phi) is 4.65. The Bertz CT molecular complexity index is 697. The van der Waals surface area contributed by atoms with Crippen LogP contribution in [0.5, 0.6) is 0 Å². The summed E-state index contributed by atoms with van der Waals surface area (Å²) in [6, 6.07) is 6.56. The van der Waals surface area contributed by atoms with Crippen molar-refractivity contribution in [3.63, 3.8) is 0 Å². The van der Waals surface area contributed by atoms with Crippen LogP contribution < -0.4 is 5.73 Å². The molecule has 0 radical (unpaired) electrons. The van der Waals surface area contributed by atoms with Gasteiger partial charge in [0.1, 0.15) is 0 Å². The topological polar surface area (TPSA) is 63.4 Å². The van der Waals surface area contributed by atoms with Gasteiger partial charge in [-0.05, 0) is 42.1 Å². The third-order valence-electron chi connectivity index (χ3n) is 3.01. The highest BCUT2D eigenvalue weighted by molar-refractivity contribution is 7.10. The molecule has 0 spiro atoms. The number of hydrogen-bond acceptors (Lipinski definition) is 3. The molecule has 0 unspecified atom stereocenters. The van der Waals surface area contributed by atoms with E-state index in [0.29, 0.717) is 12.1 Å². The van der Waals surface area contributed by atoms with Crippen LogP contribution in [-0.4, -0.2) is 23.8 Å². The molecule has 21 heavy (non-hydrogen) atoms. The van der Waals surface area contributed by atoms with E-state index in [1.165, 1.54) is 17.7 Å². The van der Waals surface area contributed by atoms with Crippen molar-refractivity contribution in [2.75, 3.05) is 7.05 Å². The first-order valence-electron chi connectivity index (χ1n) is 6.27. The van der Waals surface area contributed by atoms with Crippen LogP contribution in [0.3, 0.4) is 0 Å².